The largest absolute Gasteiger partial charge is 0.393 e. The molecular weight excluding hydrogens is 572 g/mol. The third-order valence-corrected chi connectivity index (χ3v) is 8.53. The van der Waals surface area contributed by atoms with Gasteiger partial charge in [0, 0.05) is 51.4 Å². The lowest BCUT2D eigenvalue weighted by atomic mass is 9.98. The van der Waals surface area contributed by atoms with Gasteiger partial charge in [-0.1, -0.05) is 84.5 Å². The Hall–Kier alpha value is -1.48. The molecule has 45 heavy (non-hydrogen) atoms. The van der Waals surface area contributed by atoms with Gasteiger partial charge >= 0.3 is 0 Å². The molecule has 4 atom stereocenters. The Morgan fingerprint density at radius 2 is 0.578 bits per heavy atom. The van der Waals surface area contributed by atoms with Crippen molar-refractivity contribution < 1.29 is 39.6 Å². The summed E-state index contributed by atoms with van der Waals surface area (Å²) in [5.74, 6) is 0.330. The predicted octanol–water partition coefficient (Wildman–Crippen LogP) is 7.28. The maximum Gasteiger partial charge on any atom is 0.135 e. The summed E-state index contributed by atoms with van der Waals surface area (Å²) in [5.41, 5.74) is 0. The van der Waals surface area contributed by atoms with Crippen molar-refractivity contribution in [1.29, 1.82) is 0 Å². The fraction of sp³-hybridized carbons (Fsp3) is 0.892. The predicted molar refractivity (Wildman–Crippen MR) is 180 cm³/mol. The smallest absolute Gasteiger partial charge is 0.135 e. The molecule has 0 aliphatic heterocycles. The average Bonchev–Trinajstić information content (AvgIpc) is 2.96. The highest BCUT2D eigenvalue weighted by molar-refractivity contribution is 5.80. The van der Waals surface area contributed by atoms with Gasteiger partial charge < -0.3 is 20.4 Å². The molecule has 4 N–H and O–H groups in total. The minimum atomic E-state index is -0.653. The zero-order chi connectivity index (χ0) is 33.7. The summed E-state index contributed by atoms with van der Waals surface area (Å²) in [5, 5.41) is 40.4. The van der Waals surface area contributed by atoms with Gasteiger partial charge in [-0.25, -0.2) is 0 Å². The van der Waals surface area contributed by atoms with Crippen molar-refractivity contribution in [2.45, 2.75) is 212 Å². The van der Waals surface area contributed by atoms with E-state index in [4.69, 9.17) is 0 Å². The summed E-state index contributed by atoms with van der Waals surface area (Å²) in [4.78, 5) is 48.1. The molecule has 0 aromatic rings. The minimum Gasteiger partial charge on any atom is -0.393 e. The minimum absolute atomic E-state index is 0.0346. The lowest BCUT2D eigenvalue weighted by molar-refractivity contribution is -0.122. The highest BCUT2D eigenvalue weighted by Crippen LogP contribution is 2.16. The van der Waals surface area contributed by atoms with Crippen LogP contribution in [0, 0.1) is 0 Å². The first-order valence-electron chi connectivity index (χ1n) is 18.4. The SMILES string of the molecule is CCCCCC(=O)CC(O)CCCCCC(O)CC(=O)CCCCCC(=O)CC(O)CCCCCC(O)CC(=O)CCCCC. The molecule has 0 saturated heterocycles. The van der Waals surface area contributed by atoms with Gasteiger partial charge in [0.05, 0.1) is 24.4 Å². The van der Waals surface area contributed by atoms with Crippen molar-refractivity contribution in [2.24, 2.45) is 0 Å². The van der Waals surface area contributed by atoms with Gasteiger partial charge in [-0.15, -0.1) is 0 Å². The van der Waals surface area contributed by atoms with Crippen molar-refractivity contribution >= 4 is 23.1 Å². The second-order valence-corrected chi connectivity index (χ2v) is 13.3. The van der Waals surface area contributed by atoms with Crippen LogP contribution in [-0.2, 0) is 19.2 Å². The maximum absolute atomic E-state index is 12.2. The van der Waals surface area contributed by atoms with E-state index in [0.717, 1.165) is 83.5 Å². The van der Waals surface area contributed by atoms with Crippen LogP contribution in [-0.4, -0.2) is 68.0 Å². The van der Waals surface area contributed by atoms with Crippen LogP contribution >= 0.6 is 0 Å². The molecule has 8 nitrogen and oxygen atoms in total. The number of hydrogen-bond acceptors (Lipinski definition) is 8. The van der Waals surface area contributed by atoms with Crippen molar-refractivity contribution in [3.63, 3.8) is 0 Å². The van der Waals surface area contributed by atoms with Crippen molar-refractivity contribution in [3.8, 4) is 0 Å². The molecule has 8 heteroatoms. The van der Waals surface area contributed by atoms with Gasteiger partial charge in [0.2, 0.25) is 0 Å². The lowest BCUT2D eigenvalue weighted by Crippen LogP contribution is -2.15. The number of ketones is 4. The summed E-state index contributed by atoms with van der Waals surface area (Å²) in [6.45, 7) is 4.19. The van der Waals surface area contributed by atoms with Crippen molar-refractivity contribution in [3.05, 3.63) is 0 Å². The van der Waals surface area contributed by atoms with E-state index in [1.54, 1.807) is 0 Å². The molecule has 0 fully saturated rings. The van der Waals surface area contributed by atoms with Gasteiger partial charge in [-0.3, -0.25) is 19.2 Å². The summed E-state index contributed by atoms with van der Waals surface area (Å²) in [6.07, 6.45) is 15.5. The molecular formula is C37H68O8. The number of Topliss-reactive ketones (excluding diaryl/α,β-unsaturated/α-hetero) is 4. The molecule has 0 rings (SSSR count). The number of rotatable bonds is 34. The number of unbranched alkanes of at least 4 members (excludes halogenated alkanes) is 10. The van der Waals surface area contributed by atoms with Gasteiger partial charge in [0.15, 0.2) is 0 Å². The molecule has 4 unspecified atom stereocenters. The highest BCUT2D eigenvalue weighted by atomic mass is 16.3. The third kappa shape index (κ3) is 29.7. The Morgan fingerprint density at radius 1 is 0.356 bits per heavy atom. The summed E-state index contributed by atoms with van der Waals surface area (Å²) in [7, 11) is 0. The lowest BCUT2D eigenvalue weighted by Gasteiger charge is -2.12. The molecule has 0 aliphatic carbocycles. The molecule has 0 amide bonds. The first-order valence-corrected chi connectivity index (χ1v) is 18.4. The van der Waals surface area contributed by atoms with Gasteiger partial charge in [-0.05, 0) is 51.4 Å². The molecule has 264 valence electrons. The topological polar surface area (TPSA) is 149 Å². The van der Waals surface area contributed by atoms with Crippen LogP contribution in [0.1, 0.15) is 187 Å². The zero-order valence-electron chi connectivity index (χ0n) is 28.8. The Labute approximate surface area is 274 Å². The van der Waals surface area contributed by atoms with Crippen LogP contribution in [0.25, 0.3) is 0 Å². The van der Waals surface area contributed by atoms with E-state index >= 15 is 0 Å². The van der Waals surface area contributed by atoms with E-state index in [0.29, 0.717) is 64.2 Å². The Morgan fingerprint density at radius 3 is 0.822 bits per heavy atom. The molecule has 0 spiro atoms. The molecule has 0 aliphatic rings. The number of carbonyl (C=O) groups excluding carboxylic acids is 4. The van der Waals surface area contributed by atoms with E-state index in [9.17, 15) is 39.6 Å². The summed E-state index contributed by atoms with van der Waals surface area (Å²) in [6, 6.07) is 0. The van der Waals surface area contributed by atoms with Crippen molar-refractivity contribution in [1.82, 2.24) is 0 Å². The van der Waals surface area contributed by atoms with Crippen LogP contribution in [0.4, 0.5) is 0 Å². The molecule has 0 bridgehead atoms. The summed E-state index contributed by atoms with van der Waals surface area (Å²) >= 11 is 0. The van der Waals surface area contributed by atoms with E-state index in [2.05, 4.69) is 13.8 Å². The number of hydrogen-bond donors (Lipinski definition) is 4. The van der Waals surface area contributed by atoms with Crippen molar-refractivity contribution in [2.75, 3.05) is 0 Å². The van der Waals surface area contributed by atoms with Crippen LogP contribution < -0.4 is 0 Å². The second kappa shape index (κ2) is 29.9. The third-order valence-electron chi connectivity index (χ3n) is 8.53. The van der Waals surface area contributed by atoms with Crippen LogP contribution in [0.5, 0.6) is 0 Å². The first kappa shape index (κ1) is 43.5. The monoisotopic (exact) mass is 640 g/mol. The zero-order valence-corrected chi connectivity index (χ0v) is 28.8. The fourth-order valence-corrected chi connectivity index (χ4v) is 5.71. The Kier molecular flexibility index (Phi) is 28.9. The van der Waals surface area contributed by atoms with E-state index in [1.807, 2.05) is 0 Å². The van der Waals surface area contributed by atoms with E-state index < -0.39 is 24.4 Å². The number of aliphatic hydroxyl groups excluding tert-OH is 4. The van der Waals surface area contributed by atoms with E-state index in [-0.39, 0.29) is 48.8 Å². The number of carbonyl (C=O) groups is 4. The molecule has 0 saturated carbocycles. The maximum atomic E-state index is 12.2. The molecule has 0 radical (unpaired) electrons. The van der Waals surface area contributed by atoms with Crippen LogP contribution in [0.15, 0.2) is 0 Å². The standard InChI is InChI=1S/C37H68O8/c1-3-5-10-18-30(38)26-32(40)20-12-7-14-22-34(42)28-36(44)24-16-9-17-25-37(45)29-35(43)23-15-8-13-21-33(41)27-31(39)19-11-6-4-2/h32-35,40-43H,3-29H2,1-2H3. The van der Waals surface area contributed by atoms with E-state index in [1.165, 1.54) is 0 Å². The average molecular weight is 641 g/mol. The first-order chi connectivity index (χ1) is 21.6. The molecule has 0 aromatic heterocycles. The molecule has 0 aromatic carbocycles. The van der Waals surface area contributed by atoms with Gasteiger partial charge in [0.25, 0.3) is 0 Å². The highest BCUT2D eigenvalue weighted by Gasteiger charge is 2.15. The Bertz CT molecular complexity index is 706. The molecule has 0 heterocycles. The second-order valence-electron chi connectivity index (χ2n) is 13.3. The Balaban J connectivity index is 3.72. The summed E-state index contributed by atoms with van der Waals surface area (Å²) < 4.78 is 0. The van der Waals surface area contributed by atoms with Gasteiger partial charge in [0.1, 0.15) is 23.1 Å². The number of aliphatic hydroxyl groups is 4. The normalized spacial score (nSPS) is 14.2. The van der Waals surface area contributed by atoms with Crippen LogP contribution in [0.2, 0.25) is 0 Å². The van der Waals surface area contributed by atoms with Gasteiger partial charge in [-0.2, -0.15) is 0 Å². The van der Waals surface area contributed by atoms with Crippen LogP contribution in [0.3, 0.4) is 0 Å². The quantitative estimate of drug-likeness (QED) is 0.0536. The fourth-order valence-electron chi connectivity index (χ4n) is 5.71.